The predicted octanol–water partition coefficient (Wildman–Crippen LogP) is 3.05. The maximum atomic E-state index is 11.6. The first-order valence-electron chi connectivity index (χ1n) is 7.59. The van der Waals surface area contributed by atoms with Gasteiger partial charge in [-0.1, -0.05) is 42.5 Å². The number of nitrogens with zero attached hydrogens (tertiary/aromatic N) is 1. The fourth-order valence-corrected chi connectivity index (χ4v) is 2.09. The lowest BCUT2D eigenvalue weighted by atomic mass is 10.1. The van der Waals surface area contributed by atoms with E-state index in [-0.39, 0.29) is 35.7 Å². The van der Waals surface area contributed by atoms with Gasteiger partial charge < -0.3 is 15.2 Å². The average Bonchev–Trinajstić information content (AvgIpc) is 2.65. The molecule has 26 heavy (non-hydrogen) atoms. The number of carbonyl (C=O) groups excluding carboxylic acids is 2. The van der Waals surface area contributed by atoms with Crippen LogP contribution in [-0.4, -0.2) is 29.0 Å². The van der Waals surface area contributed by atoms with Gasteiger partial charge in [-0.25, -0.2) is 4.79 Å². The number of phenols is 1. The van der Waals surface area contributed by atoms with Gasteiger partial charge in [0.1, 0.15) is 12.4 Å². The molecule has 0 saturated carbocycles. The molecule has 0 saturated heterocycles. The van der Waals surface area contributed by atoms with Gasteiger partial charge in [-0.3, -0.25) is 14.9 Å². The summed E-state index contributed by atoms with van der Waals surface area (Å²) in [6, 6.07) is 11.3. The van der Waals surface area contributed by atoms with Crippen LogP contribution in [0.1, 0.15) is 21.5 Å². The number of phenolic OH excluding ortho intramolecular Hbond substituents is 1. The number of benzene rings is 2. The molecular formula is C18H16N2O6. The molecule has 2 rings (SSSR count). The van der Waals surface area contributed by atoms with Crippen molar-refractivity contribution in [2.45, 2.75) is 6.61 Å². The van der Waals surface area contributed by atoms with Crippen LogP contribution < -0.4 is 5.32 Å². The number of aromatic hydroxyl groups is 1. The van der Waals surface area contributed by atoms with E-state index in [1.165, 1.54) is 12.2 Å². The molecule has 1 amide bonds. The molecule has 0 bridgehead atoms. The van der Waals surface area contributed by atoms with E-state index >= 15 is 0 Å². The van der Waals surface area contributed by atoms with E-state index in [1.54, 1.807) is 0 Å². The van der Waals surface area contributed by atoms with Gasteiger partial charge in [0.15, 0.2) is 6.29 Å². The maximum Gasteiger partial charge on any atom is 0.407 e. The summed E-state index contributed by atoms with van der Waals surface area (Å²) in [5, 5.41) is 23.2. The van der Waals surface area contributed by atoms with Crippen molar-refractivity contribution in [3.8, 4) is 5.75 Å². The van der Waals surface area contributed by atoms with Crippen LogP contribution >= 0.6 is 0 Å². The van der Waals surface area contributed by atoms with Gasteiger partial charge in [-0.2, -0.15) is 0 Å². The molecule has 0 aliphatic carbocycles. The van der Waals surface area contributed by atoms with E-state index in [0.717, 1.165) is 17.7 Å². The largest absolute Gasteiger partial charge is 0.507 e. The summed E-state index contributed by atoms with van der Waals surface area (Å²) in [4.78, 5) is 32.7. The highest BCUT2D eigenvalue weighted by atomic mass is 16.6. The highest BCUT2D eigenvalue weighted by Crippen LogP contribution is 2.28. The van der Waals surface area contributed by atoms with E-state index in [1.807, 2.05) is 30.3 Å². The summed E-state index contributed by atoms with van der Waals surface area (Å²) in [6.45, 7) is 0.205. The minimum absolute atomic E-state index is 0.0756. The summed E-state index contributed by atoms with van der Waals surface area (Å²) in [5.41, 5.74) is 0.440. The van der Waals surface area contributed by atoms with Crippen molar-refractivity contribution in [3.63, 3.8) is 0 Å². The van der Waals surface area contributed by atoms with Crippen LogP contribution in [0, 0.1) is 10.1 Å². The maximum absolute atomic E-state index is 11.6. The SMILES string of the molecule is O=Cc1cc([N+](=O)[O-])cc(C=CCNC(=O)OCc2ccccc2)c1O. The predicted molar refractivity (Wildman–Crippen MR) is 93.8 cm³/mol. The van der Waals surface area contributed by atoms with E-state index in [2.05, 4.69) is 5.32 Å². The van der Waals surface area contributed by atoms with Crippen molar-refractivity contribution in [3.05, 3.63) is 75.3 Å². The number of carbonyl (C=O) groups is 2. The number of aldehydes is 1. The molecule has 2 aromatic carbocycles. The topological polar surface area (TPSA) is 119 Å². The third-order valence-corrected chi connectivity index (χ3v) is 3.37. The standard InChI is InChI=1S/C18H16N2O6/c21-11-15-10-16(20(24)25)9-14(17(15)22)7-4-8-19-18(23)26-12-13-5-2-1-3-6-13/h1-7,9-11,22H,8,12H2,(H,19,23). The minimum Gasteiger partial charge on any atom is -0.507 e. The second-order valence-corrected chi connectivity index (χ2v) is 5.19. The number of nitro groups is 1. The molecule has 0 spiro atoms. The fraction of sp³-hybridized carbons (Fsp3) is 0.111. The molecule has 134 valence electrons. The quantitative estimate of drug-likeness (QED) is 0.447. The van der Waals surface area contributed by atoms with E-state index in [0.29, 0.717) is 6.29 Å². The lowest BCUT2D eigenvalue weighted by Crippen LogP contribution is -2.24. The molecule has 0 heterocycles. The Labute approximate surface area is 148 Å². The second-order valence-electron chi connectivity index (χ2n) is 5.19. The van der Waals surface area contributed by atoms with Crippen molar-refractivity contribution >= 4 is 24.1 Å². The summed E-state index contributed by atoms with van der Waals surface area (Å²) in [7, 11) is 0. The molecular weight excluding hydrogens is 340 g/mol. The molecule has 0 aliphatic heterocycles. The molecule has 2 N–H and O–H groups in total. The van der Waals surface area contributed by atoms with Gasteiger partial charge in [0.05, 0.1) is 10.5 Å². The normalized spacial score (nSPS) is 10.5. The molecule has 2 aromatic rings. The molecule has 0 atom stereocenters. The Morgan fingerprint density at radius 2 is 1.92 bits per heavy atom. The third-order valence-electron chi connectivity index (χ3n) is 3.37. The Bertz CT molecular complexity index is 833. The van der Waals surface area contributed by atoms with Gasteiger partial charge in [0.25, 0.3) is 5.69 Å². The third kappa shape index (κ3) is 5.17. The van der Waals surface area contributed by atoms with Gasteiger partial charge in [-0.05, 0) is 5.56 Å². The Morgan fingerprint density at radius 3 is 2.58 bits per heavy atom. The molecule has 0 aliphatic rings. The molecule has 8 heteroatoms. The smallest absolute Gasteiger partial charge is 0.407 e. The van der Waals surface area contributed by atoms with E-state index in [9.17, 15) is 24.8 Å². The van der Waals surface area contributed by atoms with E-state index in [4.69, 9.17) is 4.74 Å². The van der Waals surface area contributed by atoms with E-state index < -0.39 is 11.0 Å². The van der Waals surface area contributed by atoms with Gasteiger partial charge >= 0.3 is 6.09 Å². The van der Waals surface area contributed by atoms with Crippen molar-refractivity contribution in [2.24, 2.45) is 0 Å². The second kappa shape index (κ2) is 8.97. The van der Waals surface area contributed by atoms with Crippen molar-refractivity contribution < 1.29 is 24.4 Å². The van der Waals surface area contributed by atoms with Crippen molar-refractivity contribution in [2.75, 3.05) is 6.54 Å². The number of ether oxygens (including phenoxy) is 1. The summed E-state index contributed by atoms with van der Waals surface area (Å²) in [6.07, 6.45) is 2.54. The summed E-state index contributed by atoms with van der Waals surface area (Å²) in [5.74, 6) is -0.367. The van der Waals surface area contributed by atoms with Crippen molar-refractivity contribution in [1.82, 2.24) is 5.32 Å². The monoisotopic (exact) mass is 356 g/mol. The number of alkyl carbamates (subject to hydrolysis) is 1. The zero-order valence-corrected chi connectivity index (χ0v) is 13.6. The lowest BCUT2D eigenvalue weighted by molar-refractivity contribution is -0.384. The van der Waals surface area contributed by atoms with Crippen LogP contribution in [0.3, 0.4) is 0 Å². The number of non-ortho nitro benzene ring substituents is 1. The van der Waals surface area contributed by atoms with Crippen LogP contribution in [0.25, 0.3) is 6.08 Å². The Kier molecular flexibility index (Phi) is 6.44. The van der Waals surface area contributed by atoms with Gasteiger partial charge in [0, 0.05) is 24.2 Å². The summed E-state index contributed by atoms with van der Waals surface area (Å²) < 4.78 is 5.02. The highest BCUT2D eigenvalue weighted by molar-refractivity contribution is 5.84. The van der Waals surface area contributed by atoms with Crippen LogP contribution in [0.5, 0.6) is 5.75 Å². The Balaban J connectivity index is 1.91. The highest BCUT2D eigenvalue weighted by Gasteiger charge is 2.14. The van der Waals surface area contributed by atoms with Crippen LogP contribution in [0.2, 0.25) is 0 Å². The number of hydrogen-bond donors (Lipinski definition) is 2. The number of nitro benzene ring substituents is 1. The van der Waals surface area contributed by atoms with Gasteiger partial charge in [0.2, 0.25) is 0 Å². The minimum atomic E-state index is -0.664. The van der Waals surface area contributed by atoms with Crippen LogP contribution in [0.4, 0.5) is 10.5 Å². The van der Waals surface area contributed by atoms with Gasteiger partial charge in [-0.15, -0.1) is 0 Å². The first-order chi connectivity index (χ1) is 12.5. The zero-order chi connectivity index (χ0) is 18.9. The zero-order valence-electron chi connectivity index (χ0n) is 13.6. The summed E-state index contributed by atoms with van der Waals surface area (Å²) >= 11 is 0. The van der Waals surface area contributed by atoms with Crippen LogP contribution in [0.15, 0.2) is 48.5 Å². The number of amides is 1. The van der Waals surface area contributed by atoms with Crippen molar-refractivity contribution in [1.29, 1.82) is 0 Å². The average molecular weight is 356 g/mol. The lowest BCUT2D eigenvalue weighted by Gasteiger charge is -2.05. The molecule has 0 fully saturated rings. The molecule has 0 aromatic heterocycles. The number of hydrogen-bond acceptors (Lipinski definition) is 6. The molecule has 0 radical (unpaired) electrons. The van der Waals surface area contributed by atoms with Crippen LogP contribution in [-0.2, 0) is 11.3 Å². The number of rotatable bonds is 7. The Hall–Kier alpha value is -3.68. The molecule has 0 unspecified atom stereocenters. The first-order valence-corrected chi connectivity index (χ1v) is 7.59. The Morgan fingerprint density at radius 1 is 1.23 bits per heavy atom. The number of nitrogens with one attached hydrogen (secondary N) is 1. The first kappa shape index (κ1) is 18.7. The fourth-order valence-electron chi connectivity index (χ4n) is 2.09. The molecule has 8 nitrogen and oxygen atoms in total.